The predicted octanol–water partition coefficient (Wildman–Crippen LogP) is 1.67. The number of hydrazine groups is 1. The number of rotatable bonds is 6. The van der Waals surface area contributed by atoms with E-state index in [1.165, 1.54) is 20.8 Å². The second kappa shape index (κ2) is 9.41. The molecule has 1 aromatic rings. The number of urea groups is 1. The van der Waals surface area contributed by atoms with Crippen molar-refractivity contribution < 1.29 is 19.1 Å². The number of aromatic nitrogens is 2. The molecule has 0 atom stereocenters. The fourth-order valence-corrected chi connectivity index (χ4v) is 2.88. The van der Waals surface area contributed by atoms with Gasteiger partial charge in [0.2, 0.25) is 0 Å². The maximum atomic E-state index is 12.5. The minimum atomic E-state index is -0.512. The molecular weight excluding hydrogens is 386 g/mol. The van der Waals surface area contributed by atoms with Crippen LogP contribution in [0.3, 0.4) is 0 Å². The van der Waals surface area contributed by atoms with Crippen molar-refractivity contribution in [1.29, 1.82) is 0 Å². The van der Waals surface area contributed by atoms with Crippen molar-refractivity contribution in [3.63, 3.8) is 0 Å². The predicted molar refractivity (Wildman–Crippen MR) is 104 cm³/mol. The van der Waals surface area contributed by atoms with Gasteiger partial charge in [-0.25, -0.2) is 19.6 Å². The van der Waals surface area contributed by atoms with E-state index in [4.69, 9.17) is 16.3 Å². The third-order valence-electron chi connectivity index (χ3n) is 4.07. The number of hydrogen-bond acceptors (Lipinski definition) is 5. The van der Waals surface area contributed by atoms with E-state index < -0.39 is 12.0 Å². The maximum absolute atomic E-state index is 12.5. The van der Waals surface area contributed by atoms with E-state index in [0.717, 1.165) is 0 Å². The summed E-state index contributed by atoms with van der Waals surface area (Å²) in [4.78, 5) is 36.2. The number of amides is 3. The highest BCUT2D eigenvalue weighted by molar-refractivity contribution is 6.31. The fourth-order valence-electron chi connectivity index (χ4n) is 2.64. The van der Waals surface area contributed by atoms with Gasteiger partial charge in [0.1, 0.15) is 11.8 Å². The number of halogens is 1. The second-order valence-electron chi connectivity index (χ2n) is 6.33. The summed E-state index contributed by atoms with van der Waals surface area (Å²) in [6.07, 6.45) is 3.64. The Balaban J connectivity index is 1.91. The molecule has 0 saturated carbocycles. The minimum Gasteiger partial charge on any atom is -0.460 e. The molecule has 1 aliphatic heterocycles. The van der Waals surface area contributed by atoms with Gasteiger partial charge in [-0.3, -0.25) is 9.48 Å². The SMILES string of the molecule is C=C(C)C(=O)OCCNC(=O)N1CCCN1C(=O)C=Cc1c(C)nn(C)c1Cl. The third-order valence-corrected chi connectivity index (χ3v) is 4.52. The standard InChI is InChI=1S/C18H24ClN5O4/c1-12(2)17(26)28-11-8-20-18(27)24-10-5-9-23(24)15(25)7-6-14-13(3)21-22(4)16(14)19/h6-7H,1,5,8-11H2,2-4H3,(H,20,27). The van der Waals surface area contributed by atoms with E-state index in [2.05, 4.69) is 17.0 Å². The molecule has 1 aliphatic rings. The van der Waals surface area contributed by atoms with Crippen molar-refractivity contribution in [1.82, 2.24) is 25.1 Å². The van der Waals surface area contributed by atoms with Crippen LogP contribution in [-0.4, -0.2) is 63.9 Å². The number of esters is 1. The maximum Gasteiger partial charge on any atom is 0.336 e. The van der Waals surface area contributed by atoms with Gasteiger partial charge >= 0.3 is 12.0 Å². The molecule has 1 aromatic heterocycles. The van der Waals surface area contributed by atoms with E-state index in [1.807, 2.05) is 0 Å². The van der Waals surface area contributed by atoms with Gasteiger partial charge in [-0.05, 0) is 26.3 Å². The molecule has 0 spiro atoms. The normalized spacial score (nSPS) is 13.9. The number of aryl methyl sites for hydroxylation is 2. The number of nitrogens with zero attached hydrogens (tertiary/aromatic N) is 4. The highest BCUT2D eigenvalue weighted by Crippen LogP contribution is 2.20. The van der Waals surface area contributed by atoms with E-state index >= 15 is 0 Å². The van der Waals surface area contributed by atoms with E-state index in [-0.39, 0.29) is 19.1 Å². The summed E-state index contributed by atoms with van der Waals surface area (Å²) >= 11 is 6.16. The van der Waals surface area contributed by atoms with Gasteiger partial charge in [0.25, 0.3) is 5.91 Å². The molecule has 2 heterocycles. The van der Waals surface area contributed by atoms with Crippen LogP contribution in [0.25, 0.3) is 6.08 Å². The number of nitrogens with one attached hydrogen (secondary N) is 1. The van der Waals surface area contributed by atoms with Crippen LogP contribution in [0.4, 0.5) is 4.79 Å². The molecule has 0 unspecified atom stereocenters. The Morgan fingerprint density at radius 1 is 1.32 bits per heavy atom. The van der Waals surface area contributed by atoms with E-state index in [1.54, 1.807) is 27.0 Å². The number of hydrogen-bond donors (Lipinski definition) is 1. The van der Waals surface area contributed by atoms with Crippen LogP contribution in [0.2, 0.25) is 5.15 Å². The molecular formula is C18H24ClN5O4. The summed E-state index contributed by atoms with van der Waals surface area (Å²) in [6, 6.07) is -0.429. The van der Waals surface area contributed by atoms with Crippen molar-refractivity contribution in [3.8, 4) is 0 Å². The lowest BCUT2D eigenvalue weighted by molar-refractivity contribution is -0.138. The van der Waals surface area contributed by atoms with Crippen LogP contribution in [0.15, 0.2) is 18.2 Å². The zero-order valence-electron chi connectivity index (χ0n) is 16.2. The average molecular weight is 410 g/mol. The van der Waals surface area contributed by atoms with Gasteiger partial charge in [0.15, 0.2) is 0 Å². The first kappa shape index (κ1) is 21.5. The molecule has 1 N–H and O–H groups in total. The van der Waals surface area contributed by atoms with E-state index in [9.17, 15) is 14.4 Å². The summed E-state index contributed by atoms with van der Waals surface area (Å²) in [7, 11) is 1.72. The molecule has 0 radical (unpaired) electrons. The van der Waals surface area contributed by atoms with Gasteiger partial charge in [0.05, 0.1) is 12.2 Å². The lowest BCUT2D eigenvalue weighted by atomic mass is 10.2. The molecule has 0 aliphatic carbocycles. The van der Waals surface area contributed by atoms with Crippen molar-refractivity contribution in [2.24, 2.45) is 7.05 Å². The molecule has 0 bridgehead atoms. The number of carbonyl (C=O) groups is 3. The van der Waals surface area contributed by atoms with Crippen molar-refractivity contribution in [2.45, 2.75) is 20.3 Å². The van der Waals surface area contributed by atoms with Crippen LogP contribution in [0, 0.1) is 6.92 Å². The molecule has 28 heavy (non-hydrogen) atoms. The Morgan fingerprint density at radius 2 is 2.00 bits per heavy atom. The Hall–Kier alpha value is -2.81. The van der Waals surface area contributed by atoms with Crippen LogP contribution >= 0.6 is 11.6 Å². The van der Waals surface area contributed by atoms with Gasteiger partial charge in [0, 0.05) is 37.3 Å². The number of ether oxygens (including phenoxy) is 1. The first-order valence-electron chi connectivity index (χ1n) is 8.79. The minimum absolute atomic E-state index is 0.0257. The lowest BCUT2D eigenvalue weighted by Gasteiger charge is -2.27. The topological polar surface area (TPSA) is 96.8 Å². The Kier molecular flexibility index (Phi) is 7.22. The van der Waals surface area contributed by atoms with Crippen molar-refractivity contribution >= 4 is 35.6 Å². The monoisotopic (exact) mass is 409 g/mol. The quantitative estimate of drug-likeness (QED) is 0.438. The van der Waals surface area contributed by atoms with Crippen molar-refractivity contribution in [3.05, 3.63) is 34.6 Å². The smallest absolute Gasteiger partial charge is 0.336 e. The van der Waals surface area contributed by atoms with Crippen molar-refractivity contribution in [2.75, 3.05) is 26.2 Å². The van der Waals surface area contributed by atoms with Gasteiger partial charge in [-0.15, -0.1) is 0 Å². The molecule has 2 rings (SSSR count). The van der Waals surface area contributed by atoms with Gasteiger partial charge in [-0.1, -0.05) is 18.2 Å². The molecule has 3 amide bonds. The summed E-state index contributed by atoms with van der Waals surface area (Å²) in [5, 5.41) is 9.95. The Bertz CT molecular complexity index is 817. The number of carbonyl (C=O) groups excluding carboxylic acids is 3. The van der Waals surface area contributed by atoms with Gasteiger partial charge in [-0.2, -0.15) is 5.10 Å². The highest BCUT2D eigenvalue weighted by Gasteiger charge is 2.29. The summed E-state index contributed by atoms with van der Waals surface area (Å²) in [5.74, 6) is -0.845. The Labute approximate surface area is 168 Å². The highest BCUT2D eigenvalue weighted by atomic mass is 35.5. The summed E-state index contributed by atoms with van der Waals surface area (Å²) in [5.41, 5.74) is 1.65. The third kappa shape index (κ3) is 5.13. The van der Waals surface area contributed by atoms with Crippen LogP contribution in [0.1, 0.15) is 24.6 Å². The molecule has 9 nitrogen and oxygen atoms in total. The summed E-state index contributed by atoms with van der Waals surface area (Å²) < 4.78 is 6.44. The van der Waals surface area contributed by atoms with Crippen LogP contribution in [0.5, 0.6) is 0 Å². The van der Waals surface area contributed by atoms with Crippen LogP contribution < -0.4 is 5.32 Å². The first-order chi connectivity index (χ1) is 13.2. The molecule has 1 fully saturated rings. The summed E-state index contributed by atoms with van der Waals surface area (Å²) in [6.45, 7) is 7.83. The lowest BCUT2D eigenvalue weighted by Crippen LogP contribution is -2.49. The molecule has 0 aromatic carbocycles. The van der Waals surface area contributed by atoms with Crippen LogP contribution in [-0.2, 0) is 21.4 Å². The second-order valence-corrected chi connectivity index (χ2v) is 6.69. The Morgan fingerprint density at radius 3 is 2.61 bits per heavy atom. The fraction of sp³-hybridized carbons (Fsp3) is 0.444. The van der Waals surface area contributed by atoms with Gasteiger partial charge < -0.3 is 10.1 Å². The largest absolute Gasteiger partial charge is 0.460 e. The van der Waals surface area contributed by atoms with E-state index in [0.29, 0.717) is 41.5 Å². The average Bonchev–Trinajstić information content (AvgIpc) is 3.22. The zero-order chi connectivity index (χ0) is 20.8. The molecule has 1 saturated heterocycles. The molecule has 152 valence electrons. The zero-order valence-corrected chi connectivity index (χ0v) is 17.0. The first-order valence-corrected chi connectivity index (χ1v) is 9.16. The molecule has 10 heteroatoms.